The lowest BCUT2D eigenvalue weighted by molar-refractivity contribution is -0.151. The fourth-order valence-electron chi connectivity index (χ4n) is 4.30. The number of hydrogen-bond acceptors (Lipinski definition) is 5. The van der Waals surface area contributed by atoms with Gasteiger partial charge in [-0.15, -0.1) is 0 Å². The number of piperidine rings is 1. The average Bonchev–Trinajstić information content (AvgIpc) is 2.84. The Hall–Kier alpha value is -2.86. The SMILES string of the molecule is CCC(=O)N(c1ccccc1)C1(C(=O)OC)CCN(CCc2ccc(OC)cc2)CC1. The third-order valence-corrected chi connectivity index (χ3v) is 6.12. The largest absolute Gasteiger partial charge is 0.497 e. The van der Waals surface area contributed by atoms with Crippen LogP contribution < -0.4 is 9.64 Å². The normalized spacial score (nSPS) is 15.8. The lowest BCUT2D eigenvalue weighted by Gasteiger charge is -2.46. The summed E-state index contributed by atoms with van der Waals surface area (Å²) in [6.07, 6.45) is 2.34. The van der Waals surface area contributed by atoms with Gasteiger partial charge in [-0.3, -0.25) is 9.69 Å². The number of amides is 1. The molecule has 1 aliphatic heterocycles. The van der Waals surface area contributed by atoms with Crippen molar-refractivity contribution in [1.29, 1.82) is 0 Å². The highest BCUT2D eigenvalue weighted by atomic mass is 16.5. The molecule has 1 heterocycles. The molecule has 2 aromatic carbocycles. The molecule has 166 valence electrons. The second kappa shape index (κ2) is 10.4. The van der Waals surface area contributed by atoms with Gasteiger partial charge >= 0.3 is 5.97 Å². The van der Waals surface area contributed by atoms with E-state index in [0.29, 0.717) is 19.3 Å². The second-order valence-electron chi connectivity index (χ2n) is 7.88. The first kappa shape index (κ1) is 22.8. The van der Waals surface area contributed by atoms with Crippen LogP contribution in [0, 0.1) is 0 Å². The van der Waals surface area contributed by atoms with Crippen LogP contribution in [0.5, 0.6) is 5.75 Å². The zero-order valence-electron chi connectivity index (χ0n) is 18.7. The van der Waals surface area contributed by atoms with Crippen molar-refractivity contribution in [2.45, 2.75) is 38.1 Å². The van der Waals surface area contributed by atoms with E-state index in [1.165, 1.54) is 12.7 Å². The molecule has 0 atom stereocenters. The highest BCUT2D eigenvalue weighted by Crippen LogP contribution is 2.35. The molecule has 0 aromatic heterocycles. The first-order valence-electron chi connectivity index (χ1n) is 10.9. The van der Waals surface area contributed by atoms with Crippen molar-refractivity contribution in [3.8, 4) is 5.75 Å². The molecule has 1 fully saturated rings. The molecule has 3 rings (SSSR count). The summed E-state index contributed by atoms with van der Waals surface area (Å²) in [7, 11) is 3.07. The Morgan fingerprint density at radius 2 is 1.65 bits per heavy atom. The Kier molecular flexibility index (Phi) is 7.69. The van der Waals surface area contributed by atoms with Gasteiger partial charge in [-0.1, -0.05) is 37.3 Å². The highest BCUT2D eigenvalue weighted by molar-refractivity contribution is 6.02. The van der Waals surface area contributed by atoms with Gasteiger partial charge in [-0.25, -0.2) is 4.79 Å². The number of carbonyl (C=O) groups excluding carboxylic acids is 2. The van der Waals surface area contributed by atoms with Crippen molar-refractivity contribution in [3.63, 3.8) is 0 Å². The van der Waals surface area contributed by atoms with Crippen LogP contribution in [0.1, 0.15) is 31.7 Å². The Labute approximate surface area is 184 Å². The molecule has 0 radical (unpaired) electrons. The van der Waals surface area contributed by atoms with Gasteiger partial charge in [-0.05, 0) is 49.1 Å². The Morgan fingerprint density at radius 3 is 2.19 bits per heavy atom. The van der Waals surface area contributed by atoms with Gasteiger partial charge in [0.05, 0.1) is 14.2 Å². The van der Waals surface area contributed by atoms with Crippen LogP contribution in [0.2, 0.25) is 0 Å². The molecule has 0 bridgehead atoms. The van der Waals surface area contributed by atoms with Crippen molar-refractivity contribution in [1.82, 2.24) is 4.90 Å². The number of para-hydroxylation sites is 1. The van der Waals surface area contributed by atoms with Gasteiger partial charge in [0.15, 0.2) is 0 Å². The first-order chi connectivity index (χ1) is 15.0. The number of anilines is 1. The molecule has 1 saturated heterocycles. The van der Waals surface area contributed by atoms with Crippen LogP contribution in [-0.2, 0) is 20.7 Å². The minimum Gasteiger partial charge on any atom is -0.497 e. The third-order valence-electron chi connectivity index (χ3n) is 6.12. The third kappa shape index (κ3) is 5.07. The van der Waals surface area contributed by atoms with E-state index in [9.17, 15) is 9.59 Å². The van der Waals surface area contributed by atoms with Gasteiger partial charge in [0, 0.05) is 31.7 Å². The summed E-state index contributed by atoms with van der Waals surface area (Å²) < 4.78 is 10.4. The van der Waals surface area contributed by atoms with E-state index in [1.807, 2.05) is 49.4 Å². The maximum atomic E-state index is 13.0. The lowest BCUT2D eigenvalue weighted by Crippen LogP contribution is -2.62. The van der Waals surface area contributed by atoms with Gasteiger partial charge in [-0.2, -0.15) is 0 Å². The highest BCUT2D eigenvalue weighted by Gasteiger charge is 2.49. The molecule has 0 unspecified atom stereocenters. The summed E-state index contributed by atoms with van der Waals surface area (Å²) in [6, 6.07) is 17.6. The molecule has 0 N–H and O–H groups in total. The van der Waals surface area contributed by atoms with Gasteiger partial charge in [0.1, 0.15) is 11.3 Å². The van der Waals surface area contributed by atoms with Crippen molar-refractivity contribution >= 4 is 17.6 Å². The number of rotatable bonds is 8. The summed E-state index contributed by atoms with van der Waals surface area (Å²) in [5.74, 6) is 0.447. The van der Waals surface area contributed by atoms with E-state index in [0.717, 1.165) is 37.5 Å². The molecule has 1 amide bonds. The van der Waals surface area contributed by atoms with Crippen molar-refractivity contribution in [3.05, 3.63) is 60.2 Å². The zero-order chi connectivity index (χ0) is 22.3. The van der Waals surface area contributed by atoms with Crippen LogP contribution in [0.15, 0.2) is 54.6 Å². The van der Waals surface area contributed by atoms with E-state index < -0.39 is 5.54 Å². The van der Waals surface area contributed by atoms with Crippen molar-refractivity contribution < 1.29 is 19.1 Å². The number of nitrogens with zero attached hydrogens (tertiary/aromatic N) is 2. The molecule has 31 heavy (non-hydrogen) atoms. The molecular formula is C25H32N2O4. The number of carbonyl (C=O) groups is 2. The lowest BCUT2D eigenvalue weighted by atomic mass is 9.84. The molecule has 0 saturated carbocycles. The summed E-state index contributed by atoms with van der Waals surface area (Å²) in [5.41, 5.74) is 1.02. The first-order valence-corrected chi connectivity index (χ1v) is 10.9. The molecular weight excluding hydrogens is 392 g/mol. The van der Waals surface area contributed by atoms with Crippen molar-refractivity contribution in [2.75, 3.05) is 38.8 Å². The van der Waals surface area contributed by atoms with E-state index in [4.69, 9.17) is 9.47 Å². The van der Waals surface area contributed by atoms with Gasteiger partial charge < -0.3 is 14.4 Å². The zero-order valence-corrected chi connectivity index (χ0v) is 18.7. The standard InChI is InChI=1S/C25H32N2O4/c1-4-23(28)27(21-8-6-5-7-9-21)25(24(29)31-3)15-18-26(19-16-25)17-14-20-10-12-22(30-2)13-11-20/h5-13H,4,14-19H2,1-3H3. The maximum absolute atomic E-state index is 13.0. The number of esters is 1. The van der Waals surface area contributed by atoms with Gasteiger partial charge in [0.25, 0.3) is 0 Å². The molecule has 6 heteroatoms. The molecule has 6 nitrogen and oxygen atoms in total. The predicted octanol–water partition coefficient (Wildman–Crippen LogP) is 3.69. The van der Waals surface area contributed by atoms with Crippen LogP contribution >= 0.6 is 0 Å². The minimum absolute atomic E-state index is 0.0664. The smallest absolute Gasteiger partial charge is 0.332 e. The Bertz CT molecular complexity index is 859. The number of benzene rings is 2. The molecule has 2 aromatic rings. The predicted molar refractivity (Wildman–Crippen MR) is 121 cm³/mol. The van der Waals surface area contributed by atoms with E-state index in [1.54, 1.807) is 12.0 Å². The van der Waals surface area contributed by atoms with Crippen LogP contribution in [0.4, 0.5) is 5.69 Å². The Balaban J connectivity index is 1.74. The monoisotopic (exact) mass is 424 g/mol. The number of ether oxygens (including phenoxy) is 2. The minimum atomic E-state index is -0.972. The van der Waals surface area contributed by atoms with E-state index in [2.05, 4.69) is 17.0 Å². The average molecular weight is 425 g/mol. The number of hydrogen-bond donors (Lipinski definition) is 0. The summed E-state index contributed by atoms with van der Waals surface area (Å²) >= 11 is 0. The summed E-state index contributed by atoms with van der Waals surface area (Å²) in [5, 5.41) is 0. The summed E-state index contributed by atoms with van der Waals surface area (Å²) in [6.45, 7) is 4.18. The molecule has 1 aliphatic rings. The number of likely N-dealkylation sites (tertiary alicyclic amines) is 1. The quantitative estimate of drug-likeness (QED) is 0.605. The number of methoxy groups -OCH3 is 2. The second-order valence-corrected chi connectivity index (χ2v) is 7.88. The topological polar surface area (TPSA) is 59.1 Å². The molecule has 0 aliphatic carbocycles. The maximum Gasteiger partial charge on any atom is 0.332 e. The van der Waals surface area contributed by atoms with Crippen LogP contribution in [0.25, 0.3) is 0 Å². The summed E-state index contributed by atoms with van der Waals surface area (Å²) in [4.78, 5) is 30.0. The fraction of sp³-hybridized carbons (Fsp3) is 0.440. The molecule has 0 spiro atoms. The van der Waals surface area contributed by atoms with Gasteiger partial charge in [0.2, 0.25) is 5.91 Å². The van der Waals surface area contributed by atoms with Crippen LogP contribution in [0.3, 0.4) is 0 Å². The van der Waals surface area contributed by atoms with Crippen molar-refractivity contribution in [2.24, 2.45) is 0 Å². The van der Waals surface area contributed by atoms with Crippen LogP contribution in [-0.4, -0.2) is 56.2 Å². The fourth-order valence-corrected chi connectivity index (χ4v) is 4.30. The van der Waals surface area contributed by atoms with E-state index >= 15 is 0 Å². The Morgan fingerprint density at radius 1 is 1.00 bits per heavy atom. The van der Waals surface area contributed by atoms with E-state index in [-0.39, 0.29) is 11.9 Å².